The summed E-state index contributed by atoms with van der Waals surface area (Å²) in [7, 11) is 0. The van der Waals surface area contributed by atoms with E-state index < -0.39 is 187 Å². The summed E-state index contributed by atoms with van der Waals surface area (Å²) in [4.78, 5) is 225. The highest BCUT2D eigenvalue weighted by Gasteiger charge is 2.46. The molecule has 0 heterocycles. The highest BCUT2D eigenvalue weighted by Crippen LogP contribution is 2.22. The summed E-state index contributed by atoms with van der Waals surface area (Å²) >= 11 is 0. The van der Waals surface area contributed by atoms with Crippen LogP contribution in [0, 0.1) is 47.3 Å². The molecule has 0 saturated heterocycles. The second-order valence-electron chi connectivity index (χ2n) is 39.8. The van der Waals surface area contributed by atoms with Gasteiger partial charge < -0.3 is 90.2 Å². The fourth-order valence-corrected chi connectivity index (χ4v) is 12.4. The van der Waals surface area contributed by atoms with Gasteiger partial charge in [0.05, 0.1) is 6.04 Å². The molecule has 0 radical (unpaired) electrons. The van der Waals surface area contributed by atoms with E-state index in [4.69, 9.17) is 10.5 Å². The van der Waals surface area contributed by atoms with Crippen LogP contribution in [0.5, 0.6) is 0 Å². The largest absolute Gasteiger partial charge is 0.459 e. The first kappa shape index (κ1) is 109. The third kappa shape index (κ3) is 37.4. The van der Waals surface area contributed by atoms with E-state index >= 15 is 0 Å². The number of amides is 15. The maximum absolute atomic E-state index is 14.5. The first-order valence-corrected chi connectivity index (χ1v) is 42.2. The number of nitrogens with two attached hydrogens (primary N) is 1. The number of carbonyl (C=O) groups is 16. The van der Waals surface area contributed by atoms with Crippen molar-refractivity contribution < 1.29 is 81.4 Å². The Kier molecular flexibility index (Phi) is 41.8. The van der Waals surface area contributed by atoms with Gasteiger partial charge in [-0.1, -0.05) is 141 Å². The normalized spacial score (nSPS) is 14.5. The van der Waals surface area contributed by atoms with Crippen molar-refractivity contribution in [2.24, 2.45) is 53.1 Å². The zero-order valence-electron chi connectivity index (χ0n) is 78.0. The summed E-state index contributed by atoms with van der Waals surface area (Å²) in [6.07, 6.45) is 0.981. The van der Waals surface area contributed by atoms with Crippen LogP contribution in [0.1, 0.15) is 278 Å². The lowest BCUT2D eigenvalue weighted by molar-refractivity contribution is -0.154. The second kappa shape index (κ2) is 46.1. The molecule has 1 aromatic rings. The van der Waals surface area contributed by atoms with Crippen molar-refractivity contribution in [2.45, 2.75) is 372 Å². The highest BCUT2D eigenvalue weighted by atomic mass is 16.5. The third-order valence-corrected chi connectivity index (χ3v) is 19.5. The van der Waals surface area contributed by atoms with Crippen molar-refractivity contribution in [1.82, 2.24) is 79.8 Å². The van der Waals surface area contributed by atoms with Crippen LogP contribution in [0.3, 0.4) is 0 Å². The molecule has 1 rings (SSSR count). The predicted molar refractivity (Wildman–Crippen MR) is 461 cm³/mol. The smallest absolute Gasteiger partial charge is 0.331 e. The maximum atomic E-state index is 14.5. The summed E-state index contributed by atoms with van der Waals surface area (Å²) < 4.78 is 5.50. The summed E-state index contributed by atoms with van der Waals surface area (Å²) in [5.41, 5.74) is -6.58. The van der Waals surface area contributed by atoms with Crippen LogP contribution in [0.25, 0.3) is 0 Å². The van der Waals surface area contributed by atoms with E-state index in [2.05, 4.69) is 79.8 Å². The van der Waals surface area contributed by atoms with Crippen LogP contribution in [0.2, 0.25) is 0 Å². The van der Waals surface area contributed by atoms with E-state index in [9.17, 15) is 76.7 Å². The Bertz CT molecular complexity index is 3710. The quantitative estimate of drug-likeness (QED) is 0.0383. The highest BCUT2D eigenvalue weighted by molar-refractivity contribution is 6.03. The molecule has 17 N–H and O–H groups in total. The molecule has 120 heavy (non-hydrogen) atoms. The van der Waals surface area contributed by atoms with E-state index in [-0.39, 0.29) is 98.9 Å². The molecule has 8 atom stereocenters. The molecule has 0 saturated carbocycles. The van der Waals surface area contributed by atoms with E-state index in [1.807, 2.05) is 75.3 Å². The molecule has 0 aliphatic heterocycles. The summed E-state index contributed by atoms with van der Waals surface area (Å²) in [5, 5.41) is 40.7. The molecule has 0 aromatic heterocycles. The standard InChI is InChI=1S/C87H152N16O17/c1-47(2)38-56(88)64(104)96-80(17,18)72(112)89-57(39-48(3)4)65(105)97-81(19,20)73(113)90-58(40-49(5)6)66(106)98-82(21,22)74(114)91-59(41-50(7)8)67(107)99-83(23,24)75(115)92-60(42-51(9)10)68(108)100-84(25,26)76(116)93-61(43-52(11)12)69(109)101-85(27,28)77(117)94-62(44-53(13)14)70(110)102-86(29,30)78(118)95-63(45-54(15)16)71(111)103-87(31,32)79(119)120-46-55-36-34-33-35-37-55/h33-37,47-54,56-63H,38-46,88H2,1-32H3,(H,89,112)(H,90,113)(H,91,114)(H,92,115)(H,93,116)(H,94,117)(H,95,118)(H,96,104)(H,97,105)(H,98,106)(H,99,107)(H,100,108)(H,101,109)(H,102,110)(H,103,111)/t56-,57-,58-,59-,60-,61-,62-,63-/m0/s1. The SMILES string of the molecule is CC(C)C[C@H](NC(=O)C(C)(C)NC(=O)[C@H](CC(C)C)NC(=O)C(C)(C)NC(=O)[C@H](CC(C)C)NC(=O)C(C)(C)NC(=O)[C@H](CC(C)C)NC(=O)C(C)(C)NC(=O)[C@@H](N)CC(C)C)C(=O)NC(C)(C)C(=O)N[C@@H](CC(C)C)C(=O)NC(C)(C)C(=O)N[C@@H](CC(C)C)C(=O)NC(C)(C)C(=O)N[C@@H](CC(C)C)C(=O)NC(C)(C)C(=O)OCc1ccccc1. The molecule has 0 fully saturated rings. The summed E-state index contributed by atoms with van der Waals surface area (Å²) in [5.74, 6) is -13.2. The second-order valence-corrected chi connectivity index (χ2v) is 39.8. The lowest BCUT2D eigenvalue weighted by Crippen LogP contribution is -2.66. The minimum absolute atomic E-state index is 0.0289. The topological polar surface area (TPSA) is 489 Å². The monoisotopic (exact) mass is 1690 g/mol. The van der Waals surface area contributed by atoms with E-state index in [1.165, 1.54) is 111 Å². The van der Waals surface area contributed by atoms with Crippen LogP contribution >= 0.6 is 0 Å². The molecule has 0 spiro atoms. The zero-order valence-corrected chi connectivity index (χ0v) is 78.0. The maximum Gasteiger partial charge on any atom is 0.331 e. The molecular weight excluding hydrogens is 1540 g/mol. The van der Waals surface area contributed by atoms with Gasteiger partial charge in [0.2, 0.25) is 88.6 Å². The number of carbonyl (C=O) groups excluding carboxylic acids is 16. The first-order valence-electron chi connectivity index (χ1n) is 42.2. The Morgan fingerprint density at radius 3 is 0.575 bits per heavy atom. The minimum Gasteiger partial charge on any atom is -0.459 e. The van der Waals surface area contributed by atoms with Gasteiger partial charge in [-0.25, -0.2) is 4.79 Å². The van der Waals surface area contributed by atoms with Gasteiger partial charge in [0.15, 0.2) is 0 Å². The first-order chi connectivity index (χ1) is 54.5. The lowest BCUT2D eigenvalue weighted by atomic mass is 9.95. The van der Waals surface area contributed by atoms with Crippen molar-refractivity contribution in [1.29, 1.82) is 0 Å². The molecule has 0 aliphatic carbocycles. The summed E-state index contributed by atoms with van der Waals surface area (Å²) in [6, 6.07) is -0.615. The van der Waals surface area contributed by atoms with Gasteiger partial charge in [0.25, 0.3) is 0 Å². The lowest BCUT2D eigenvalue weighted by Gasteiger charge is -2.34. The summed E-state index contributed by atoms with van der Waals surface area (Å²) in [6.45, 7) is 52.0. The molecule has 33 nitrogen and oxygen atoms in total. The Balaban J connectivity index is 3.36. The number of esters is 1. The minimum atomic E-state index is -1.78. The van der Waals surface area contributed by atoms with Gasteiger partial charge in [-0.15, -0.1) is 0 Å². The molecular formula is C87H152N16O17. The van der Waals surface area contributed by atoms with E-state index in [1.54, 1.807) is 65.8 Å². The van der Waals surface area contributed by atoms with Crippen LogP contribution in [-0.4, -0.2) is 187 Å². The number of ether oxygens (including phenoxy) is 1. The Morgan fingerprint density at radius 2 is 0.408 bits per heavy atom. The fourth-order valence-electron chi connectivity index (χ4n) is 12.4. The molecule has 33 heteroatoms. The number of nitrogens with one attached hydrogen (secondary N) is 15. The van der Waals surface area contributed by atoms with Crippen LogP contribution in [0.15, 0.2) is 30.3 Å². The number of benzene rings is 1. The van der Waals surface area contributed by atoms with E-state index in [0.717, 1.165) is 5.56 Å². The fraction of sp³-hybridized carbons (Fsp3) is 0.747. The van der Waals surface area contributed by atoms with Gasteiger partial charge >= 0.3 is 5.97 Å². The Morgan fingerprint density at radius 1 is 0.250 bits per heavy atom. The van der Waals surface area contributed by atoms with Gasteiger partial charge in [-0.3, -0.25) is 71.9 Å². The van der Waals surface area contributed by atoms with Crippen molar-refractivity contribution in [3.8, 4) is 0 Å². The van der Waals surface area contributed by atoms with Crippen LogP contribution in [-0.2, 0) is 88.1 Å². The number of rotatable bonds is 49. The molecule has 0 aliphatic rings. The number of hydrogen-bond donors (Lipinski definition) is 16. The van der Waals surface area contributed by atoms with Crippen LogP contribution in [0.4, 0.5) is 0 Å². The molecule has 0 bridgehead atoms. The third-order valence-electron chi connectivity index (χ3n) is 19.5. The van der Waals surface area contributed by atoms with Gasteiger partial charge in [0.1, 0.15) is 93.2 Å². The average molecular weight is 1690 g/mol. The van der Waals surface area contributed by atoms with Crippen LogP contribution < -0.4 is 85.5 Å². The Hall–Kier alpha value is -9.30. The molecule has 1 aromatic carbocycles. The van der Waals surface area contributed by atoms with Crippen molar-refractivity contribution in [2.75, 3.05) is 0 Å². The van der Waals surface area contributed by atoms with Crippen molar-refractivity contribution >= 4 is 94.6 Å². The average Bonchev–Trinajstić information content (AvgIpc) is 0.822. The predicted octanol–water partition coefficient (Wildman–Crippen LogP) is 4.98. The number of hydrogen-bond acceptors (Lipinski definition) is 18. The Labute approximate surface area is 713 Å². The van der Waals surface area contributed by atoms with Gasteiger partial charge in [-0.05, 0) is 215 Å². The molecule has 15 amide bonds. The molecule has 0 unspecified atom stereocenters. The van der Waals surface area contributed by atoms with E-state index in [0.29, 0.717) is 6.42 Å². The van der Waals surface area contributed by atoms with Crippen molar-refractivity contribution in [3.63, 3.8) is 0 Å². The van der Waals surface area contributed by atoms with Crippen molar-refractivity contribution in [3.05, 3.63) is 35.9 Å². The van der Waals surface area contributed by atoms with Gasteiger partial charge in [0, 0.05) is 0 Å². The molecule has 682 valence electrons. The zero-order chi connectivity index (χ0) is 93.3. The van der Waals surface area contributed by atoms with Gasteiger partial charge in [-0.2, -0.15) is 0 Å².